The summed E-state index contributed by atoms with van der Waals surface area (Å²) in [7, 11) is -3.75. The Morgan fingerprint density at radius 3 is 1.86 bits per heavy atom. The molecule has 0 bridgehead atoms. The molecule has 3 nitrogen and oxygen atoms in total. The monoisotopic (exact) mass is 198 g/mol. The summed E-state index contributed by atoms with van der Waals surface area (Å²) in [5.74, 6) is 0. The number of hydrogen-bond donors (Lipinski definition) is 1. The van der Waals surface area contributed by atoms with E-state index in [1.54, 1.807) is 0 Å². The molecule has 0 saturated carbocycles. The second kappa shape index (κ2) is 4.29. The van der Waals surface area contributed by atoms with E-state index >= 15 is 0 Å². The van der Waals surface area contributed by atoms with Crippen molar-refractivity contribution in [3.05, 3.63) is 0 Å². The summed E-state index contributed by atoms with van der Waals surface area (Å²) in [4.78, 5) is 0. The predicted molar refractivity (Wildman–Crippen MR) is 26.5 cm³/mol. The van der Waals surface area contributed by atoms with Gasteiger partial charge in [0, 0.05) is 0 Å². The average Bonchev–Trinajstić information content (AvgIpc) is 1.35. The van der Waals surface area contributed by atoms with E-state index < -0.39 is 10.1 Å². The van der Waals surface area contributed by atoms with E-state index in [9.17, 15) is 8.42 Å². The quantitative estimate of drug-likeness (QED) is 0.285. The van der Waals surface area contributed by atoms with Crippen molar-refractivity contribution in [3.8, 4) is 0 Å². The smallest absolute Gasteiger partial charge is 1.00 e. The number of hydrogen-bond acceptors (Lipinski definition) is 2. The topological polar surface area (TPSA) is 54.4 Å². The van der Waals surface area contributed by atoms with Crippen molar-refractivity contribution in [3.63, 3.8) is 0 Å². The van der Waals surface area contributed by atoms with Gasteiger partial charge in [0.1, 0.15) is 4.66 Å². The molecule has 0 heterocycles. The van der Waals surface area contributed by atoms with Crippen molar-refractivity contribution < 1.29 is 44.0 Å². The second-order valence-electron chi connectivity index (χ2n) is 0.691. The second-order valence-corrected chi connectivity index (χ2v) is 3.45. The van der Waals surface area contributed by atoms with Crippen LogP contribution < -0.4 is 29.6 Å². The van der Waals surface area contributed by atoms with Crippen LogP contribution in [0.25, 0.3) is 0 Å². The third-order valence-electron chi connectivity index (χ3n) is 0.138. The fourth-order valence-electron chi connectivity index (χ4n) is 0. The van der Waals surface area contributed by atoms with Gasteiger partial charge in [0.15, 0.2) is 0 Å². The van der Waals surface area contributed by atoms with Crippen molar-refractivity contribution in [2.45, 2.75) is 0 Å². The Kier molecular flexibility index (Phi) is 6.87. The maximum atomic E-state index is 9.51. The molecular formula is CH4BrNaO3S. The molecule has 7 heavy (non-hydrogen) atoms. The Morgan fingerprint density at radius 1 is 1.71 bits per heavy atom. The van der Waals surface area contributed by atoms with Crippen molar-refractivity contribution in [2.75, 3.05) is 4.66 Å². The Bertz CT molecular complexity index is 121. The van der Waals surface area contributed by atoms with Gasteiger partial charge in [0.2, 0.25) is 0 Å². The van der Waals surface area contributed by atoms with E-state index in [0.717, 1.165) is 0 Å². The molecule has 0 aromatic carbocycles. The molecule has 1 N–H and O–H groups in total. The maximum absolute atomic E-state index is 9.51. The zero-order chi connectivity index (χ0) is 5.21. The summed E-state index contributed by atoms with van der Waals surface area (Å²) in [6.07, 6.45) is 0. The molecule has 0 aromatic rings. The van der Waals surface area contributed by atoms with E-state index in [4.69, 9.17) is 4.55 Å². The molecule has 0 aromatic heterocycles. The van der Waals surface area contributed by atoms with Gasteiger partial charge in [-0.1, -0.05) is 15.9 Å². The van der Waals surface area contributed by atoms with E-state index in [1.165, 1.54) is 0 Å². The van der Waals surface area contributed by atoms with Crippen LogP contribution in [0.15, 0.2) is 0 Å². The van der Waals surface area contributed by atoms with Gasteiger partial charge in [0.25, 0.3) is 10.1 Å². The minimum atomic E-state index is -3.75. The van der Waals surface area contributed by atoms with E-state index in [0.29, 0.717) is 0 Å². The molecule has 0 radical (unpaired) electrons. The third kappa shape index (κ3) is 11.1. The molecule has 0 aliphatic heterocycles. The van der Waals surface area contributed by atoms with Crippen molar-refractivity contribution >= 4 is 26.0 Å². The fourth-order valence-corrected chi connectivity index (χ4v) is 0. The van der Waals surface area contributed by atoms with E-state index in [-0.39, 0.29) is 35.6 Å². The molecule has 40 valence electrons. The van der Waals surface area contributed by atoms with Crippen LogP contribution in [0.1, 0.15) is 1.43 Å². The van der Waals surface area contributed by atoms with Gasteiger partial charge >= 0.3 is 29.6 Å². The first-order valence-electron chi connectivity index (χ1n) is 1.07. The number of alkyl halides is 1. The Hall–Kier alpha value is 1.39. The van der Waals surface area contributed by atoms with Gasteiger partial charge in [-0.2, -0.15) is 8.42 Å². The zero-order valence-corrected chi connectivity index (χ0v) is 8.16. The molecule has 0 fully saturated rings. The minimum Gasteiger partial charge on any atom is -1.00 e. The Morgan fingerprint density at radius 2 is 1.86 bits per heavy atom. The van der Waals surface area contributed by atoms with Crippen LogP contribution in [0.3, 0.4) is 0 Å². The van der Waals surface area contributed by atoms with E-state index in [2.05, 4.69) is 15.9 Å². The SMILES string of the molecule is O=S(=O)(O)CBr.[H-].[Na+]. The van der Waals surface area contributed by atoms with Gasteiger partial charge < -0.3 is 1.43 Å². The molecule has 0 rings (SSSR count). The van der Waals surface area contributed by atoms with Gasteiger partial charge in [-0.25, -0.2) is 0 Å². The van der Waals surface area contributed by atoms with Crippen LogP contribution in [0, 0.1) is 0 Å². The fraction of sp³-hybridized carbons (Fsp3) is 1.00. The summed E-state index contributed by atoms with van der Waals surface area (Å²) in [6.45, 7) is 0. The van der Waals surface area contributed by atoms with Crippen molar-refractivity contribution in [2.24, 2.45) is 0 Å². The van der Waals surface area contributed by atoms with E-state index in [1.807, 2.05) is 0 Å². The van der Waals surface area contributed by atoms with Crippen LogP contribution in [-0.4, -0.2) is 17.6 Å². The van der Waals surface area contributed by atoms with Gasteiger partial charge in [-0.15, -0.1) is 0 Å². The predicted octanol–water partition coefficient (Wildman–Crippen LogP) is -2.66. The Balaban J connectivity index is -0.000000125. The summed E-state index contributed by atoms with van der Waals surface area (Å²) in [5.41, 5.74) is 0. The number of rotatable bonds is 1. The Labute approximate surface area is 74.1 Å². The molecule has 0 unspecified atom stereocenters. The minimum absolute atomic E-state index is 0. The van der Waals surface area contributed by atoms with Gasteiger partial charge in [-0.3, -0.25) is 4.55 Å². The normalized spacial score (nSPS) is 10.0. The molecule has 0 saturated heterocycles. The summed E-state index contributed by atoms with van der Waals surface area (Å²) < 4.78 is 26.4. The van der Waals surface area contributed by atoms with Gasteiger partial charge in [-0.05, 0) is 0 Å². The first-order chi connectivity index (χ1) is 2.56. The van der Waals surface area contributed by atoms with Crippen LogP contribution >= 0.6 is 15.9 Å². The molecule has 6 heteroatoms. The molecule has 0 spiro atoms. The van der Waals surface area contributed by atoms with Crippen LogP contribution in [-0.2, 0) is 10.1 Å². The van der Waals surface area contributed by atoms with Crippen LogP contribution in [0.5, 0.6) is 0 Å². The van der Waals surface area contributed by atoms with Crippen LogP contribution in [0.2, 0.25) is 0 Å². The van der Waals surface area contributed by atoms with Crippen LogP contribution in [0.4, 0.5) is 0 Å². The maximum Gasteiger partial charge on any atom is 1.00 e. The summed E-state index contributed by atoms with van der Waals surface area (Å²) >= 11 is 2.53. The third-order valence-corrected chi connectivity index (χ3v) is 2.15. The average molecular weight is 199 g/mol. The van der Waals surface area contributed by atoms with Crippen molar-refractivity contribution in [1.82, 2.24) is 0 Å². The standard InChI is InChI=1S/CH3BrO3S.Na.H/c2-1-6(3,4)5;;/h1H2,(H,3,4,5);;/q;+1;-1. The molecule has 0 atom stereocenters. The molecule has 0 amide bonds. The van der Waals surface area contributed by atoms with Crippen molar-refractivity contribution in [1.29, 1.82) is 0 Å². The zero-order valence-electron chi connectivity index (χ0n) is 4.76. The first-order valence-corrected chi connectivity index (χ1v) is 3.80. The molecular weight excluding hydrogens is 195 g/mol. The summed E-state index contributed by atoms with van der Waals surface area (Å²) in [6, 6.07) is 0. The number of halogens is 1. The first kappa shape index (κ1) is 11.2. The van der Waals surface area contributed by atoms with Gasteiger partial charge in [0.05, 0.1) is 0 Å². The molecule has 0 aliphatic carbocycles. The molecule has 0 aliphatic rings. The summed E-state index contributed by atoms with van der Waals surface area (Å²) in [5, 5.41) is 0. The largest absolute Gasteiger partial charge is 1.00 e.